The minimum atomic E-state index is -3.49. The van der Waals surface area contributed by atoms with Crippen molar-refractivity contribution in [3.63, 3.8) is 0 Å². The van der Waals surface area contributed by atoms with Crippen molar-refractivity contribution in [1.29, 1.82) is 0 Å². The molecule has 0 atom stereocenters. The lowest BCUT2D eigenvalue weighted by Gasteiger charge is -2.23. The Kier molecular flexibility index (Phi) is 7.16. The Balaban J connectivity index is 1.80. The Hall–Kier alpha value is -0.610. The quantitative estimate of drug-likeness (QED) is 0.425. The second-order valence-electron chi connectivity index (χ2n) is 4.89. The van der Waals surface area contributed by atoms with Crippen molar-refractivity contribution in [1.82, 2.24) is 4.72 Å². The number of amidine groups is 1. The molecule has 1 aromatic heterocycles. The van der Waals surface area contributed by atoms with Gasteiger partial charge in [0.1, 0.15) is 17.3 Å². The van der Waals surface area contributed by atoms with Crippen LogP contribution in [0.3, 0.4) is 0 Å². The summed E-state index contributed by atoms with van der Waals surface area (Å²) in [7, 11) is -3.49. The van der Waals surface area contributed by atoms with Crippen LogP contribution in [-0.4, -0.2) is 59.2 Å². The van der Waals surface area contributed by atoms with Crippen LogP contribution in [0.4, 0.5) is 0 Å². The summed E-state index contributed by atoms with van der Waals surface area (Å²) in [5, 5.41) is 2.20. The summed E-state index contributed by atoms with van der Waals surface area (Å²) in [6.45, 7) is 5.43. The molecule has 0 bridgehead atoms. The Labute approximate surface area is 140 Å². The molecular weight excluding hydrogens is 342 g/mol. The Bertz CT molecular complexity index is 567. The van der Waals surface area contributed by atoms with E-state index in [-0.39, 0.29) is 0 Å². The van der Waals surface area contributed by atoms with Crippen molar-refractivity contribution in [2.24, 2.45) is 4.99 Å². The lowest BCUT2D eigenvalue weighted by molar-refractivity contribution is -0.908. The smallest absolute Gasteiger partial charge is 0.272 e. The molecule has 2 N–H and O–H groups in total. The van der Waals surface area contributed by atoms with Crippen molar-refractivity contribution in [2.45, 2.75) is 10.6 Å². The molecule has 1 saturated heterocycles. The van der Waals surface area contributed by atoms with Crippen LogP contribution >= 0.6 is 23.1 Å². The van der Waals surface area contributed by atoms with Crippen LogP contribution in [0.15, 0.2) is 26.7 Å². The molecule has 0 spiro atoms. The van der Waals surface area contributed by atoms with Crippen molar-refractivity contribution in [3.8, 4) is 0 Å². The number of hydrogen-bond acceptors (Lipinski definition) is 6. The molecule has 0 saturated carbocycles. The third-order valence-electron chi connectivity index (χ3n) is 3.32. The molecule has 0 amide bonds. The van der Waals surface area contributed by atoms with Crippen molar-refractivity contribution in [3.05, 3.63) is 17.5 Å². The van der Waals surface area contributed by atoms with E-state index in [1.807, 2.05) is 6.26 Å². The van der Waals surface area contributed by atoms with Gasteiger partial charge < -0.3 is 9.64 Å². The molecule has 6 nitrogen and oxygen atoms in total. The molecule has 2 heterocycles. The minimum Gasteiger partial charge on any atom is -0.370 e. The number of thiophene rings is 1. The SMILES string of the molecule is CSC(=NCCC[NH+]1CCOCC1)NS(=O)(=O)c1cccs1. The van der Waals surface area contributed by atoms with Crippen LogP contribution in [0.2, 0.25) is 0 Å². The van der Waals surface area contributed by atoms with Crippen LogP contribution < -0.4 is 9.62 Å². The second kappa shape index (κ2) is 8.88. The molecule has 0 aliphatic carbocycles. The zero-order chi connectivity index (χ0) is 15.8. The predicted molar refractivity (Wildman–Crippen MR) is 91.5 cm³/mol. The summed E-state index contributed by atoms with van der Waals surface area (Å²) in [6, 6.07) is 3.31. The summed E-state index contributed by atoms with van der Waals surface area (Å²) in [6.07, 6.45) is 2.77. The fourth-order valence-electron chi connectivity index (χ4n) is 2.14. The van der Waals surface area contributed by atoms with Crippen molar-refractivity contribution in [2.75, 3.05) is 45.6 Å². The molecule has 1 fully saturated rings. The summed E-state index contributed by atoms with van der Waals surface area (Å²) < 4.78 is 32.4. The van der Waals surface area contributed by atoms with Gasteiger partial charge in [0.25, 0.3) is 10.0 Å². The van der Waals surface area contributed by atoms with Gasteiger partial charge in [-0.3, -0.25) is 9.71 Å². The molecule has 1 aromatic rings. The fraction of sp³-hybridized carbons (Fsp3) is 0.615. The number of thioether (sulfide) groups is 1. The first kappa shape index (κ1) is 17.7. The van der Waals surface area contributed by atoms with Crippen LogP contribution in [-0.2, 0) is 14.8 Å². The standard InChI is InChI=1S/C13H21N3O3S3/c1-20-13(15-22(17,18)12-4-2-11-21-12)14-5-3-6-16-7-9-19-10-8-16/h2,4,11H,3,5-10H2,1H3,(H,14,15)/p+1. The van der Waals surface area contributed by atoms with Gasteiger partial charge in [-0.1, -0.05) is 17.8 Å². The van der Waals surface area contributed by atoms with Gasteiger partial charge in [-0.2, -0.15) is 0 Å². The van der Waals surface area contributed by atoms with E-state index in [0.717, 1.165) is 39.3 Å². The second-order valence-corrected chi connectivity index (χ2v) is 8.55. The number of quaternary nitrogens is 1. The third-order valence-corrected chi connectivity index (χ3v) is 6.80. The zero-order valence-corrected chi connectivity index (χ0v) is 15.0. The fourth-order valence-corrected chi connectivity index (χ4v) is 4.92. The highest BCUT2D eigenvalue weighted by molar-refractivity contribution is 8.14. The number of aliphatic imine (C=N–C) groups is 1. The lowest BCUT2D eigenvalue weighted by atomic mass is 10.3. The number of ether oxygens (including phenoxy) is 1. The van der Waals surface area contributed by atoms with Crippen molar-refractivity contribution >= 4 is 38.3 Å². The summed E-state index contributed by atoms with van der Waals surface area (Å²) in [5.41, 5.74) is 0. The summed E-state index contributed by atoms with van der Waals surface area (Å²) >= 11 is 2.52. The van der Waals surface area contributed by atoms with E-state index >= 15 is 0 Å². The molecule has 22 heavy (non-hydrogen) atoms. The first-order chi connectivity index (χ1) is 10.6. The maximum absolute atomic E-state index is 12.1. The van der Waals surface area contributed by atoms with Gasteiger partial charge >= 0.3 is 0 Å². The highest BCUT2D eigenvalue weighted by Gasteiger charge is 2.17. The molecule has 0 unspecified atom stereocenters. The highest BCUT2D eigenvalue weighted by atomic mass is 32.2. The lowest BCUT2D eigenvalue weighted by Crippen LogP contribution is -3.14. The maximum atomic E-state index is 12.1. The number of rotatable bonds is 6. The molecule has 1 aliphatic rings. The van der Waals surface area contributed by atoms with E-state index in [1.165, 1.54) is 28.0 Å². The summed E-state index contributed by atoms with van der Waals surface area (Å²) in [5.74, 6) is 0. The predicted octanol–water partition coefficient (Wildman–Crippen LogP) is 0.0506. The van der Waals surface area contributed by atoms with Gasteiger partial charge in [0, 0.05) is 13.0 Å². The van der Waals surface area contributed by atoms with Crippen molar-refractivity contribution < 1.29 is 18.1 Å². The van der Waals surface area contributed by atoms with Crippen LogP contribution in [0.1, 0.15) is 6.42 Å². The van der Waals surface area contributed by atoms with E-state index in [9.17, 15) is 8.42 Å². The largest absolute Gasteiger partial charge is 0.370 e. The first-order valence-electron chi connectivity index (χ1n) is 7.18. The monoisotopic (exact) mass is 364 g/mol. The van der Waals surface area contributed by atoms with Gasteiger partial charge in [-0.25, -0.2) is 8.42 Å². The van der Waals surface area contributed by atoms with E-state index in [4.69, 9.17) is 4.74 Å². The van der Waals surface area contributed by atoms with Gasteiger partial charge in [-0.15, -0.1) is 11.3 Å². The highest BCUT2D eigenvalue weighted by Crippen LogP contribution is 2.16. The van der Waals surface area contributed by atoms with Gasteiger partial charge in [0.15, 0.2) is 5.17 Å². The number of sulfonamides is 1. The molecule has 9 heteroatoms. The Morgan fingerprint density at radius 3 is 2.91 bits per heavy atom. The zero-order valence-electron chi connectivity index (χ0n) is 12.6. The van der Waals surface area contributed by atoms with Gasteiger partial charge in [-0.05, 0) is 17.7 Å². The van der Waals surface area contributed by atoms with E-state index in [2.05, 4.69) is 9.71 Å². The van der Waals surface area contributed by atoms with E-state index in [0.29, 0.717) is 15.9 Å². The topological polar surface area (TPSA) is 72.2 Å². The number of nitrogens with one attached hydrogen (secondary N) is 2. The number of hydrogen-bond donors (Lipinski definition) is 2. The minimum absolute atomic E-state index is 0.312. The third kappa shape index (κ3) is 5.54. The maximum Gasteiger partial charge on any atom is 0.272 e. The first-order valence-corrected chi connectivity index (χ1v) is 10.8. The molecule has 124 valence electrons. The molecular formula is C13H22N3O3S3+. The Morgan fingerprint density at radius 1 is 1.50 bits per heavy atom. The van der Waals surface area contributed by atoms with Crippen LogP contribution in [0.25, 0.3) is 0 Å². The van der Waals surface area contributed by atoms with Crippen LogP contribution in [0.5, 0.6) is 0 Å². The van der Waals surface area contributed by atoms with Gasteiger partial charge in [0.2, 0.25) is 0 Å². The normalized spacial score (nSPS) is 17.6. The average molecular weight is 365 g/mol. The Morgan fingerprint density at radius 2 is 2.27 bits per heavy atom. The molecule has 1 aliphatic heterocycles. The van der Waals surface area contributed by atoms with E-state index < -0.39 is 10.0 Å². The summed E-state index contributed by atoms with van der Waals surface area (Å²) in [4.78, 5) is 5.90. The molecule has 0 radical (unpaired) electrons. The average Bonchev–Trinajstić information content (AvgIpc) is 3.06. The number of nitrogens with zero attached hydrogens (tertiary/aromatic N) is 1. The molecule has 0 aromatic carbocycles. The number of morpholine rings is 1. The van der Waals surface area contributed by atoms with E-state index in [1.54, 1.807) is 17.5 Å². The van der Waals surface area contributed by atoms with Crippen LogP contribution in [0, 0.1) is 0 Å². The molecule has 2 rings (SSSR count). The van der Waals surface area contributed by atoms with Gasteiger partial charge in [0.05, 0.1) is 19.8 Å².